The second-order valence-electron chi connectivity index (χ2n) is 4.82. The highest BCUT2D eigenvalue weighted by molar-refractivity contribution is 5.93. The molecule has 1 saturated carbocycles. The molecule has 1 aliphatic rings. The second-order valence-corrected chi connectivity index (χ2v) is 4.82. The Bertz CT molecular complexity index is 406. The zero-order valence-electron chi connectivity index (χ0n) is 10.0. The topological polar surface area (TPSA) is 62.2 Å². The van der Waals surface area contributed by atoms with Crippen molar-refractivity contribution in [3.63, 3.8) is 0 Å². The maximum Gasteiger partial charge on any atom is 0.339 e. The van der Waals surface area contributed by atoms with E-state index in [1.807, 2.05) is 0 Å². The van der Waals surface area contributed by atoms with Gasteiger partial charge >= 0.3 is 5.97 Å². The molecule has 1 aromatic rings. The Labute approximate surface area is 101 Å². The van der Waals surface area contributed by atoms with Gasteiger partial charge < -0.3 is 10.4 Å². The van der Waals surface area contributed by atoms with Crippen LogP contribution in [0.4, 0.5) is 5.82 Å². The summed E-state index contributed by atoms with van der Waals surface area (Å²) < 4.78 is 0. The lowest BCUT2D eigenvalue weighted by Crippen LogP contribution is -2.27. The second kappa shape index (κ2) is 5.17. The van der Waals surface area contributed by atoms with E-state index in [4.69, 9.17) is 5.11 Å². The Morgan fingerprint density at radius 1 is 1.53 bits per heavy atom. The third-order valence-electron chi connectivity index (χ3n) is 3.32. The van der Waals surface area contributed by atoms with Crippen molar-refractivity contribution in [3.8, 4) is 0 Å². The molecular weight excluding hydrogens is 216 g/mol. The number of nitrogens with one attached hydrogen (secondary N) is 1. The first-order valence-corrected chi connectivity index (χ1v) is 6.11. The lowest BCUT2D eigenvalue weighted by atomic mass is 9.87. The Morgan fingerprint density at radius 3 is 3.06 bits per heavy atom. The molecule has 1 fully saturated rings. The van der Waals surface area contributed by atoms with Gasteiger partial charge in [0.05, 0.1) is 0 Å². The summed E-state index contributed by atoms with van der Waals surface area (Å²) in [4.78, 5) is 15.2. The van der Waals surface area contributed by atoms with Crippen molar-refractivity contribution in [3.05, 3.63) is 23.9 Å². The molecule has 2 unspecified atom stereocenters. The molecule has 1 aliphatic carbocycles. The van der Waals surface area contributed by atoms with Crippen LogP contribution in [0.5, 0.6) is 0 Å². The molecule has 2 rings (SSSR count). The minimum atomic E-state index is -0.926. The van der Waals surface area contributed by atoms with Crippen LogP contribution in [0, 0.1) is 5.92 Å². The Morgan fingerprint density at radius 2 is 2.35 bits per heavy atom. The van der Waals surface area contributed by atoms with Gasteiger partial charge in [-0.15, -0.1) is 0 Å². The largest absolute Gasteiger partial charge is 0.478 e. The van der Waals surface area contributed by atoms with Crippen molar-refractivity contribution >= 4 is 11.8 Å². The van der Waals surface area contributed by atoms with Crippen LogP contribution in [0.1, 0.15) is 43.0 Å². The summed E-state index contributed by atoms with van der Waals surface area (Å²) >= 11 is 0. The number of carboxylic acid groups (broad SMARTS) is 1. The lowest BCUT2D eigenvalue weighted by molar-refractivity contribution is 0.0697. The van der Waals surface area contributed by atoms with Gasteiger partial charge in [-0.05, 0) is 30.9 Å². The van der Waals surface area contributed by atoms with Crippen molar-refractivity contribution in [2.45, 2.75) is 38.6 Å². The predicted molar refractivity (Wildman–Crippen MR) is 66.2 cm³/mol. The predicted octanol–water partition coefficient (Wildman–Crippen LogP) is 2.77. The summed E-state index contributed by atoms with van der Waals surface area (Å²) in [5.74, 6) is 0.279. The molecule has 0 bridgehead atoms. The molecule has 92 valence electrons. The van der Waals surface area contributed by atoms with Crippen molar-refractivity contribution in [2.24, 2.45) is 5.92 Å². The van der Waals surface area contributed by atoms with Gasteiger partial charge in [0, 0.05) is 12.2 Å². The first-order chi connectivity index (χ1) is 8.16. The summed E-state index contributed by atoms with van der Waals surface area (Å²) in [6.45, 7) is 2.24. The van der Waals surface area contributed by atoms with Crippen LogP contribution >= 0.6 is 0 Å². The number of aromatic carboxylic acids is 1. The smallest absolute Gasteiger partial charge is 0.339 e. The van der Waals surface area contributed by atoms with Gasteiger partial charge in [0.25, 0.3) is 0 Å². The number of carboxylic acids is 1. The number of carbonyl (C=O) groups is 1. The molecule has 0 spiro atoms. The quantitative estimate of drug-likeness (QED) is 0.844. The summed E-state index contributed by atoms with van der Waals surface area (Å²) in [6, 6.07) is 3.59. The van der Waals surface area contributed by atoms with E-state index < -0.39 is 5.97 Å². The van der Waals surface area contributed by atoms with E-state index in [0.717, 1.165) is 12.8 Å². The number of hydrogen-bond donors (Lipinski definition) is 2. The number of aromatic nitrogens is 1. The molecule has 1 aromatic heterocycles. The zero-order valence-corrected chi connectivity index (χ0v) is 10.0. The summed E-state index contributed by atoms with van der Waals surface area (Å²) in [7, 11) is 0. The van der Waals surface area contributed by atoms with Crippen LogP contribution in [0.2, 0.25) is 0 Å². The normalized spacial score (nSPS) is 24.3. The lowest BCUT2D eigenvalue weighted by Gasteiger charge is -2.28. The van der Waals surface area contributed by atoms with Gasteiger partial charge in [-0.3, -0.25) is 0 Å². The number of rotatable bonds is 3. The maximum atomic E-state index is 11.0. The van der Waals surface area contributed by atoms with E-state index >= 15 is 0 Å². The molecule has 0 radical (unpaired) electrons. The van der Waals surface area contributed by atoms with Crippen LogP contribution in [0.15, 0.2) is 18.3 Å². The van der Waals surface area contributed by atoms with E-state index in [-0.39, 0.29) is 5.56 Å². The maximum absolute atomic E-state index is 11.0. The van der Waals surface area contributed by atoms with E-state index in [2.05, 4.69) is 17.2 Å². The van der Waals surface area contributed by atoms with Gasteiger partial charge in [0.1, 0.15) is 11.4 Å². The summed E-state index contributed by atoms with van der Waals surface area (Å²) in [5, 5.41) is 12.3. The first kappa shape index (κ1) is 11.9. The van der Waals surface area contributed by atoms with E-state index in [9.17, 15) is 4.79 Å². The molecule has 0 amide bonds. The highest BCUT2D eigenvalue weighted by Crippen LogP contribution is 2.26. The Hall–Kier alpha value is -1.58. The van der Waals surface area contributed by atoms with Crippen molar-refractivity contribution in [2.75, 3.05) is 5.32 Å². The van der Waals surface area contributed by atoms with Crippen LogP contribution in [0.25, 0.3) is 0 Å². The Kier molecular flexibility index (Phi) is 3.61. The highest BCUT2D eigenvalue weighted by atomic mass is 16.4. The molecule has 0 saturated heterocycles. The fourth-order valence-corrected chi connectivity index (χ4v) is 2.45. The van der Waals surface area contributed by atoms with Gasteiger partial charge in [-0.1, -0.05) is 19.8 Å². The third kappa shape index (κ3) is 2.96. The molecular formula is C13H18N2O2. The molecule has 0 aliphatic heterocycles. The minimum absolute atomic E-state index is 0.255. The van der Waals surface area contributed by atoms with Crippen LogP contribution in [0.3, 0.4) is 0 Å². The SMILES string of the molecule is CC1CCCC(Nc2ncccc2C(=O)O)C1. The number of anilines is 1. The highest BCUT2D eigenvalue weighted by Gasteiger charge is 2.20. The van der Waals surface area contributed by atoms with E-state index in [1.165, 1.54) is 12.8 Å². The average Bonchev–Trinajstić information content (AvgIpc) is 2.29. The monoisotopic (exact) mass is 234 g/mol. The fourth-order valence-electron chi connectivity index (χ4n) is 2.45. The van der Waals surface area contributed by atoms with Gasteiger partial charge in [-0.2, -0.15) is 0 Å². The van der Waals surface area contributed by atoms with E-state index in [0.29, 0.717) is 17.8 Å². The van der Waals surface area contributed by atoms with Gasteiger partial charge in [0.15, 0.2) is 0 Å². The van der Waals surface area contributed by atoms with E-state index in [1.54, 1.807) is 18.3 Å². The standard InChI is InChI=1S/C13H18N2O2/c1-9-4-2-5-10(8-9)15-12-11(13(16)17)6-3-7-14-12/h3,6-7,9-10H,2,4-5,8H2,1H3,(H,14,15)(H,16,17). The summed E-state index contributed by atoms with van der Waals surface area (Å²) in [6.07, 6.45) is 6.29. The van der Waals surface area contributed by atoms with Crippen LogP contribution in [-0.2, 0) is 0 Å². The van der Waals surface area contributed by atoms with Gasteiger partial charge in [0.2, 0.25) is 0 Å². The zero-order chi connectivity index (χ0) is 12.3. The van der Waals surface area contributed by atoms with Crippen molar-refractivity contribution in [1.29, 1.82) is 0 Å². The molecule has 2 atom stereocenters. The van der Waals surface area contributed by atoms with Crippen molar-refractivity contribution < 1.29 is 9.90 Å². The molecule has 0 aromatic carbocycles. The average molecular weight is 234 g/mol. The van der Waals surface area contributed by atoms with Crippen LogP contribution in [-0.4, -0.2) is 22.1 Å². The Balaban J connectivity index is 2.10. The van der Waals surface area contributed by atoms with Crippen LogP contribution < -0.4 is 5.32 Å². The summed E-state index contributed by atoms with van der Waals surface area (Å²) in [5.41, 5.74) is 0.255. The first-order valence-electron chi connectivity index (χ1n) is 6.11. The molecule has 1 heterocycles. The molecule has 4 heteroatoms. The van der Waals surface area contributed by atoms with Gasteiger partial charge in [-0.25, -0.2) is 9.78 Å². The minimum Gasteiger partial charge on any atom is -0.478 e. The van der Waals surface area contributed by atoms with Crippen molar-refractivity contribution in [1.82, 2.24) is 4.98 Å². The molecule has 4 nitrogen and oxygen atoms in total. The fraction of sp³-hybridized carbons (Fsp3) is 0.538. The third-order valence-corrected chi connectivity index (χ3v) is 3.32. The number of hydrogen-bond acceptors (Lipinski definition) is 3. The molecule has 17 heavy (non-hydrogen) atoms. The number of pyridine rings is 1. The number of nitrogens with zero attached hydrogens (tertiary/aromatic N) is 1. The molecule has 2 N–H and O–H groups in total.